The molecule has 1 rings (SSSR count). The predicted molar refractivity (Wildman–Crippen MR) is 46.2 cm³/mol. The lowest BCUT2D eigenvalue weighted by Crippen LogP contribution is -2.07. The summed E-state index contributed by atoms with van der Waals surface area (Å²) in [4.78, 5) is 0. The predicted octanol–water partition coefficient (Wildman–Crippen LogP) is 1.84. The molecule has 62 valence electrons. The topological polar surface area (TPSA) is 38.0 Å². The van der Waals surface area contributed by atoms with Gasteiger partial charge < -0.3 is 5.43 Å². The molecule has 1 aromatic carbocycles. The molecule has 0 aliphatic carbocycles. The number of rotatable bonds is 1. The largest absolute Gasteiger partial charge is 0.324 e. The number of hydrogen-bond acceptors (Lipinski definition) is 2. The third-order valence-corrected chi connectivity index (χ3v) is 1.34. The van der Waals surface area contributed by atoms with Gasteiger partial charge in [-0.05, 0) is 30.7 Å². The van der Waals surface area contributed by atoms with Crippen LogP contribution in [-0.4, -0.2) is 0 Å². The Kier molecular flexibility index (Phi) is 3.85. The van der Waals surface area contributed by atoms with E-state index in [0.717, 1.165) is 11.3 Å². The normalized spacial score (nSPS) is 8.64. The van der Waals surface area contributed by atoms with Crippen molar-refractivity contribution in [3.63, 3.8) is 0 Å². The van der Waals surface area contributed by atoms with Gasteiger partial charge in [0.15, 0.2) is 0 Å². The summed E-state index contributed by atoms with van der Waals surface area (Å²) in [6.45, 7) is 1.79. The van der Waals surface area contributed by atoms with E-state index in [9.17, 15) is 4.39 Å². The molecular formula is C7H10ClFN2. The Bertz CT molecular complexity index is 240. The maximum atomic E-state index is 12.4. The third-order valence-electron chi connectivity index (χ3n) is 1.34. The van der Waals surface area contributed by atoms with Gasteiger partial charge in [-0.15, -0.1) is 12.4 Å². The van der Waals surface area contributed by atoms with Crippen LogP contribution in [0.4, 0.5) is 10.1 Å². The summed E-state index contributed by atoms with van der Waals surface area (Å²) in [7, 11) is 0. The summed E-state index contributed by atoms with van der Waals surface area (Å²) >= 11 is 0. The van der Waals surface area contributed by atoms with Crippen molar-refractivity contribution in [3.8, 4) is 0 Å². The average molecular weight is 177 g/mol. The average Bonchev–Trinajstić information content (AvgIpc) is 1.88. The third kappa shape index (κ3) is 2.37. The van der Waals surface area contributed by atoms with Crippen LogP contribution in [0.25, 0.3) is 0 Å². The Morgan fingerprint density at radius 1 is 1.45 bits per heavy atom. The summed E-state index contributed by atoms with van der Waals surface area (Å²) in [6.07, 6.45) is 0. The van der Waals surface area contributed by atoms with Gasteiger partial charge in [-0.2, -0.15) is 0 Å². The highest BCUT2D eigenvalue weighted by atomic mass is 35.5. The van der Waals surface area contributed by atoms with E-state index in [1.54, 1.807) is 13.0 Å². The van der Waals surface area contributed by atoms with Gasteiger partial charge in [0, 0.05) is 0 Å². The van der Waals surface area contributed by atoms with Gasteiger partial charge in [0.25, 0.3) is 0 Å². The molecular weight excluding hydrogens is 167 g/mol. The highest BCUT2D eigenvalue weighted by molar-refractivity contribution is 5.85. The zero-order valence-electron chi connectivity index (χ0n) is 6.10. The Labute approximate surface area is 71.0 Å². The minimum Gasteiger partial charge on any atom is -0.324 e. The van der Waals surface area contributed by atoms with Gasteiger partial charge >= 0.3 is 0 Å². The molecule has 0 saturated heterocycles. The first-order valence-electron chi connectivity index (χ1n) is 2.97. The molecule has 0 radical (unpaired) electrons. The van der Waals surface area contributed by atoms with Crippen LogP contribution in [-0.2, 0) is 0 Å². The molecule has 0 heterocycles. The Balaban J connectivity index is 0.000001000. The minimum absolute atomic E-state index is 0. The molecule has 0 bridgehead atoms. The van der Waals surface area contributed by atoms with Crippen LogP contribution in [0.5, 0.6) is 0 Å². The summed E-state index contributed by atoms with van der Waals surface area (Å²) in [6, 6.07) is 4.39. The summed E-state index contributed by atoms with van der Waals surface area (Å²) in [5.41, 5.74) is 4.01. The van der Waals surface area contributed by atoms with Crippen LogP contribution < -0.4 is 11.3 Å². The van der Waals surface area contributed by atoms with E-state index in [1.165, 1.54) is 12.1 Å². The number of nitrogen functional groups attached to an aromatic ring is 1. The molecule has 0 fully saturated rings. The van der Waals surface area contributed by atoms with Crippen LogP contribution in [0.1, 0.15) is 5.56 Å². The van der Waals surface area contributed by atoms with Crippen molar-refractivity contribution in [2.75, 3.05) is 5.43 Å². The van der Waals surface area contributed by atoms with Crippen molar-refractivity contribution in [1.29, 1.82) is 0 Å². The second kappa shape index (κ2) is 4.16. The van der Waals surface area contributed by atoms with Gasteiger partial charge in [0.2, 0.25) is 0 Å². The fraction of sp³-hybridized carbons (Fsp3) is 0.143. The van der Waals surface area contributed by atoms with Gasteiger partial charge in [-0.1, -0.05) is 0 Å². The van der Waals surface area contributed by atoms with Crippen molar-refractivity contribution >= 4 is 18.1 Å². The van der Waals surface area contributed by atoms with Gasteiger partial charge in [0.05, 0.1) is 5.69 Å². The molecule has 1 aromatic rings. The van der Waals surface area contributed by atoms with Gasteiger partial charge in [-0.3, -0.25) is 5.84 Å². The number of halogens is 2. The van der Waals surface area contributed by atoms with Crippen LogP contribution >= 0.6 is 12.4 Å². The van der Waals surface area contributed by atoms with Crippen molar-refractivity contribution in [2.45, 2.75) is 6.92 Å². The molecule has 0 amide bonds. The van der Waals surface area contributed by atoms with Crippen molar-refractivity contribution in [3.05, 3.63) is 29.6 Å². The molecule has 0 atom stereocenters. The lowest BCUT2D eigenvalue weighted by Gasteiger charge is -2.02. The van der Waals surface area contributed by atoms with E-state index in [4.69, 9.17) is 5.84 Å². The summed E-state index contributed by atoms with van der Waals surface area (Å²) < 4.78 is 12.4. The smallest absolute Gasteiger partial charge is 0.123 e. The number of nitrogens with one attached hydrogen (secondary N) is 1. The number of aryl methyl sites for hydroxylation is 1. The van der Waals surface area contributed by atoms with E-state index in [-0.39, 0.29) is 18.2 Å². The fourth-order valence-corrected chi connectivity index (χ4v) is 0.789. The molecule has 0 spiro atoms. The zero-order valence-corrected chi connectivity index (χ0v) is 6.91. The SMILES string of the molecule is Cc1cc(F)ccc1NN.Cl. The first-order chi connectivity index (χ1) is 4.74. The minimum atomic E-state index is -0.239. The Morgan fingerprint density at radius 3 is 2.55 bits per heavy atom. The van der Waals surface area contributed by atoms with E-state index >= 15 is 0 Å². The Morgan fingerprint density at radius 2 is 2.09 bits per heavy atom. The number of anilines is 1. The second-order valence-corrected chi connectivity index (χ2v) is 2.10. The first-order valence-corrected chi connectivity index (χ1v) is 2.97. The van der Waals surface area contributed by atoms with Crippen LogP contribution in [0.3, 0.4) is 0 Å². The molecule has 0 aliphatic rings. The lowest BCUT2D eigenvalue weighted by molar-refractivity contribution is 0.627. The zero-order chi connectivity index (χ0) is 7.56. The molecule has 4 heteroatoms. The molecule has 0 unspecified atom stereocenters. The second-order valence-electron chi connectivity index (χ2n) is 2.10. The fourth-order valence-electron chi connectivity index (χ4n) is 0.789. The van der Waals surface area contributed by atoms with Crippen molar-refractivity contribution in [1.82, 2.24) is 0 Å². The number of nitrogens with two attached hydrogens (primary N) is 1. The highest BCUT2D eigenvalue weighted by Gasteiger charge is 1.95. The number of hydrazine groups is 1. The molecule has 0 saturated carbocycles. The molecule has 11 heavy (non-hydrogen) atoms. The van der Waals surface area contributed by atoms with Crippen molar-refractivity contribution < 1.29 is 4.39 Å². The van der Waals surface area contributed by atoms with E-state index < -0.39 is 0 Å². The molecule has 0 aliphatic heterocycles. The Hall–Kier alpha value is -0.800. The standard InChI is InChI=1S/C7H9FN2.ClH/c1-5-4-6(8)2-3-7(5)10-9;/h2-4,10H,9H2,1H3;1H. The lowest BCUT2D eigenvalue weighted by atomic mass is 10.2. The van der Waals surface area contributed by atoms with Crippen LogP contribution in [0.2, 0.25) is 0 Å². The van der Waals surface area contributed by atoms with Crippen molar-refractivity contribution in [2.24, 2.45) is 5.84 Å². The molecule has 0 aromatic heterocycles. The first kappa shape index (κ1) is 10.2. The molecule has 3 N–H and O–H groups in total. The van der Waals surface area contributed by atoms with Crippen LogP contribution in [0, 0.1) is 12.7 Å². The monoisotopic (exact) mass is 176 g/mol. The van der Waals surface area contributed by atoms with E-state index in [1.807, 2.05) is 0 Å². The maximum Gasteiger partial charge on any atom is 0.123 e. The number of hydrogen-bond donors (Lipinski definition) is 2. The summed E-state index contributed by atoms with van der Waals surface area (Å²) in [5.74, 6) is 4.89. The quantitative estimate of drug-likeness (QED) is 0.506. The van der Waals surface area contributed by atoms with Gasteiger partial charge in [-0.25, -0.2) is 4.39 Å². The highest BCUT2D eigenvalue weighted by Crippen LogP contribution is 2.13. The van der Waals surface area contributed by atoms with Crippen LogP contribution in [0.15, 0.2) is 18.2 Å². The maximum absolute atomic E-state index is 12.4. The molecule has 2 nitrogen and oxygen atoms in total. The summed E-state index contributed by atoms with van der Waals surface area (Å²) in [5, 5.41) is 0. The van der Waals surface area contributed by atoms with E-state index in [0.29, 0.717) is 0 Å². The van der Waals surface area contributed by atoms with Gasteiger partial charge in [0.1, 0.15) is 5.82 Å². The number of benzene rings is 1. The van der Waals surface area contributed by atoms with E-state index in [2.05, 4.69) is 5.43 Å².